The summed E-state index contributed by atoms with van der Waals surface area (Å²) in [6, 6.07) is 2.31. The maximum atomic E-state index is 13.6. The molecule has 0 spiro atoms. The summed E-state index contributed by atoms with van der Waals surface area (Å²) < 4.78 is 14.0. The van der Waals surface area contributed by atoms with Gasteiger partial charge in [-0.2, -0.15) is 0 Å². The summed E-state index contributed by atoms with van der Waals surface area (Å²) >= 11 is 17.3. The van der Waals surface area contributed by atoms with Crippen LogP contribution in [0.1, 0.15) is 18.0 Å². The highest BCUT2D eigenvalue weighted by molar-refractivity contribution is 9.09. The lowest BCUT2D eigenvalue weighted by Gasteiger charge is -2.47. The second kappa shape index (κ2) is 9.06. The number of likely N-dealkylation sites (tertiary alicyclic amines) is 1. The molecule has 1 saturated heterocycles. The van der Waals surface area contributed by atoms with Gasteiger partial charge >= 0.3 is 11.4 Å². The number of aromatic hydroxyl groups is 1. The molecule has 1 aliphatic carbocycles. The van der Waals surface area contributed by atoms with Crippen LogP contribution in [-0.4, -0.2) is 65.2 Å². The Labute approximate surface area is 234 Å². The predicted octanol–water partition coefficient (Wildman–Crippen LogP) is 1.96. The van der Waals surface area contributed by atoms with E-state index in [9.17, 15) is 24.3 Å². The van der Waals surface area contributed by atoms with Gasteiger partial charge in [-0.25, -0.2) is 23.5 Å². The first-order chi connectivity index (χ1) is 18.0. The third kappa shape index (κ3) is 3.32. The van der Waals surface area contributed by atoms with Gasteiger partial charge in [0.05, 0.1) is 32.3 Å². The minimum atomic E-state index is -1.91. The van der Waals surface area contributed by atoms with Crippen LogP contribution in [0.15, 0.2) is 39.4 Å². The summed E-state index contributed by atoms with van der Waals surface area (Å²) in [4.78, 5) is 49.9. The highest BCUT2D eigenvalue weighted by atomic mass is 79.9. The Kier molecular flexibility index (Phi) is 6.35. The van der Waals surface area contributed by atoms with E-state index in [2.05, 4.69) is 15.9 Å². The standard InChI is InChI=1S/C24H23BrCl2N4O7/c1-28-21(35)30-7-6-13-14(5-4-12-8-16(37-2)18(32)17(9-12)38-3)24(27)20(34)29(11-25)19(33)23(24,26)10-15(13)31(30)22(28)36/h4-6,8-9,14-15,32H,7,10-11H2,1-3H3/t14-,15+,23+,24-/m0/s1. The van der Waals surface area contributed by atoms with Crippen LogP contribution < -0.4 is 20.9 Å². The fourth-order valence-corrected chi connectivity index (χ4v) is 6.95. The number of carbonyl (C=O) groups excluding carboxylic acids is 2. The number of benzene rings is 1. The Morgan fingerprint density at radius 1 is 1.11 bits per heavy atom. The molecule has 2 aliphatic heterocycles. The number of imide groups is 1. The molecule has 1 N–H and O–H groups in total. The number of methoxy groups -OCH3 is 2. The van der Waals surface area contributed by atoms with E-state index in [0.717, 1.165) is 9.47 Å². The summed E-state index contributed by atoms with van der Waals surface area (Å²) in [5.41, 5.74) is -0.0783. The minimum absolute atomic E-state index is 0.0679. The van der Waals surface area contributed by atoms with Gasteiger partial charge in [-0.1, -0.05) is 34.2 Å². The van der Waals surface area contributed by atoms with Gasteiger partial charge in [-0.3, -0.25) is 14.5 Å². The van der Waals surface area contributed by atoms with Gasteiger partial charge in [0, 0.05) is 19.4 Å². The highest BCUT2D eigenvalue weighted by Crippen LogP contribution is 2.60. The molecule has 11 nitrogen and oxygen atoms in total. The highest BCUT2D eigenvalue weighted by Gasteiger charge is 2.74. The Balaban J connectivity index is 1.71. The molecule has 1 saturated carbocycles. The zero-order chi connectivity index (χ0) is 27.7. The van der Waals surface area contributed by atoms with Crippen molar-refractivity contribution >= 4 is 57.0 Å². The number of amides is 2. The van der Waals surface area contributed by atoms with E-state index in [1.807, 2.05) is 0 Å². The number of nitrogens with zero attached hydrogens (tertiary/aromatic N) is 4. The first kappa shape index (κ1) is 26.6. The average molecular weight is 630 g/mol. The van der Waals surface area contributed by atoms with Gasteiger partial charge in [0.1, 0.15) is 0 Å². The van der Waals surface area contributed by atoms with E-state index in [-0.39, 0.29) is 35.7 Å². The molecule has 1 aromatic carbocycles. The second-order valence-electron chi connectivity index (χ2n) is 9.26. The van der Waals surface area contributed by atoms with Crippen LogP contribution in [0.5, 0.6) is 17.2 Å². The smallest absolute Gasteiger partial charge is 0.347 e. The molecule has 1 aromatic heterocycles. The zero-order valence-corrected chi connectivity index (χ0v) is 23.6. The molecule has 0 bridgehead atoms. The van der Waals surface area contributed by atoms with Gasteiger partial charge in [-0.15, -0.1) is 23.2 Å². The maximum absolute atomic E-state index is 13.6. The lowest BCUT2D eigenvalue weighted by molar-refractivity contribution is -0.138. The molecule has 0 unspecified atom stereocenters. The molecule has 3 aliphatic rings. The molecule has 2 fully saturated rings. The van der Waals surface area contributed by atoms with Gasteiger partial charge in [0.25, 0.3) is 11.8 Å². The first-order valence-electron chi connectivity index (χ1n) is 11.5. The van der Waals surface area contributed by atoms with Crippen molar-refractivity contribution in [1.29, 1.82) is 0 Å². The molecular formula is C24H23BrCl2N4O7. The number of ether oxygens (including phenoxy) is 2. The summed E-state index contributed by atoms with van der Waals surface area (Å²) in [6.45, 7) is 0.0679. The number of phenolic OH excluding ortho intramolecular Hbond substituents is 1. The number of fused-ring (bicyclic) bond motifs is 4. The number of allylic oxidation sites excluding steroid dienone is 3. The van der Waals surface area contributed by atoms with E-state index in [0.29, 0.717) is 11.1 Å². The van der Waals surface area contributed by atoms with Crippen molar-refractivity contribution in [3.05, 3.63) is 56.4 Å². The Morgan fingerprint density at radius 2 is 1.74 bits per heavy atom. The number of carbonyl (C=O) groups is 2. The largest absolute Gasteiger partial charge is 0.502 e. The van der Waals surface area contributed by atoms with E-state index >= 15 is 0 Å². The number of hydrogen-bond donors (Lipinski definition) is 1. The van der Waals surface area contributed by atoms with Crippen LogP contribution in [0, 0.1) is 5.92 Å². The van der Waals surface area contributed by atoms with Crippen LogP contribution in [0.3, 0.4) is 0 Å². The second-order valence-corrected chi connectivity index (χ2v) is 11.0. The SMILES string of the molecule is COc1cc(C=C[C@H]2C3=CCn4c(=O)n(C)c(=O)n4[C@@H]3C[C@@]3(Cl)C(=O)N(CBr)C(=O)[C@@]23Cl)cc(OC)c1O. The third-order valence-corrected chi connectivity index (χ3v) is 9.44. The quantitative estimate of drug-likeness (QED) is 0.232. The normalized spacial score (nSPS) is 28.3. The van der Waals surface area contributed by atoms with Crippen molar-refractivity contribution in [1.82, 2.24) is 18.8 Å². The van der Waals surface area contributed by atoms with E-state index in [1.165, 1.54) is 30.6 Å². The van der Waals surface area contributed by atoms with Crippen molar-refractivity contribution in [2.75, 3.05) is 19.7 Å². The molecule has 5 rings (SSSR count). The molecule has 3 heterocycles. The Hall–Kier alpha value is -2.96. The molecule has 2 amide bonds. The van der Waals surface area contributed by atoms with Crippen molar-refractivity contribution in [2.45, 2.75) is 28.8 Å². The fraction of sp³-hybridized carbons (Fsp3) is 0.417. The van der Waals surface area contributed by atoms with Crippen molar-refractivity contribution < 1.29 is 24.2 Å². The lowest BCUT2D eigenvalue weighted by Crippen LogP contribution is -2.60. The summed E-state index contributed by atoms with van der Waals surface area (Å²) in [7, 11) is 4.16. The van der Waals surface area contributed by atoms with Crippen molar-refractivity contribution in [2.24, 2.45) is 13.0 Å². The molecule has 0 radical (unpaired) electrons. The number of halogens is 3. The van der Waals surface area contributed by atoms with Crippen molar-refractivity contribution in [3.8, 4) is 17.2 Å². The van der Waals surface area contributed by atoms with Crippen LogP contribution >= 0.6 is 39.1 Å². The van der Waals surface area contributed by atoms with Gasteiger partial charge in [0.2, 0.25) is 5.75 Å². The predicted molar refractivity (Wildman–Crippen MR) is 142 cm³/mol. The van der Waals surface area contributed by atoms with E-state index in [1.54, 1.807) is 30.4 Å². The lowest BCUT2D eigenvalue weighted by atomic mass is 9.66. The molecular weight excluding hydrogens is 607 g/mol. The number of rotatable bonds is 5. The van der Waals surface area contributed by atoms with E-state index < -0.39 is 44.9 Å². The summed E-state index contributed by atoms with van der Waals surface area (Å²) in [5, 5.41) is 10.3. The van der Waals surface area contributed by atoms with Gasteiger partial charge in [-0.05, 0) is 23.3 Å². The molecule has 14 heteroatoms. The maximum Gasteiger partial charge on any atom is 0.347 e. The average Bonchev–Trinajstić information content (AvgIpc) is 3.21. The van der Waals surface area contributed by atoms with Crippen LogP contribution in [-0.2, 0) is 23.2 Å². The number of phenols is 1. The molecule has 2 aromatic rings. The van der Waals surface area contributed by atoms with Crippen molar-refractivity contribution in [3.63, 3.8) is 0 Å². The summed E-state index contributed by atoms with van der Waals surface area (Å²) in [5.74, 6) is -2.17. The number of aromatic nitrogens is 3. The third-order valence-electron chi connectivity index (χ3n) is 7.51. The Bertz CT molecular complexity index is 1530. The molecule has 38 heavy (non-hydrogen) atoms. The van der Waals surface area contributed by atoms with Gasteiger partial charge in [0.15, 0.2) is 21.2 Å². The Morgan fingerprint density at radius 3 is 2.32 bits per heavy atom. The van der Waals surface area contributed by atoms with Crippen LogP contribution in [0.2, 0.25) is 0 Å². The minimum Gasteiger partial charge on any atom is -0.502 e. The fourth-order valence-electron chi connectivity index (χ4n) is 5.59. The number of hydrogen-bond acceptors (Lipinski definition) is 7. The van der Waals surface area contributed by atoms with Gasteiger partial charge < -0.3 is 14.6 Å². The molecule has 4 atom stereocenters. The van der Waals surface area contributed by atoms with Crippen LogP contribution in [0.4, 0.5) is 0 Å². The topological polar surface area (TPSA) is 125 Å². The first-order valence-corrected chi connectivity index (χ1v) is 13.4. The number of alkyl halides is 3. The molecule has 202 valence electrons. The zero-order valence-electron chi connectivity index (χ0n) is 20.5. The summed E-state index contributed by atoms with van der Waals surface area (Å²) in [6.07, 6.45) is 4.85. The van der Waals surface area contributed by atoms with E-state index in [4.69, 9.17) is 32.7 Å². The van der Waals surface area contributed by atoms with Crippen LogP contribution in [0.25, 0.3) is 6.08 Å². The monoisotopic (exact) mass is 628 g/mol.